The topological polar surface area (TPSA) is 21.3 Å². The van der Waals surface area contributed by atoms with Crippen LogP contribution >= 0.6 is 11.6 Å². The van der Waals surface area contributed by atoms with Gasteiger partial charge >= 0.3 is 0 Å². The van der Waals surface area contributed by atoms with E-state index in [-0.39, 0.29) is 6.10 Å². The van der Waals surface area contributed by atoms with Crippen molar-refractivity contribution in [1.82, 2.24) is 5.32 Å². The summed E-state index contributed by atoms with van der Waals surface area (Å²) in [5.41, 5.74) is 2.12. The summed E-state index contributed by atoms with van der Waals surface area (Å²) in [4.78, 5) is 0. The summed E-state index contributed by atoms with van der Waals surface area (Å²) in [6.45, 7) is 6.85. The summed E-state index contributed by atoms with van der Waals surface area (Å²) < 4.78 is 5.75. The Morgan fingerprint density at radius 2 is 1.87 bits per heavy atom. The first-order valence-electron chi connectivity index (χ1n) is 5.12. The molecule has 1 aromatic carbocycles. The third-order valence-electron chi connectivity index (χ3n) is 2.24. The highest BCUT2D eigenvalue weighted by atomic mass is 35.5. The van der Waals surface area contributed by atoms with Gasteiger partial charge < -0.3 is 10.1 Å². The minimum atomic E-state index is 0.162. The molecule has 0 aliphatic heterocycles. The summed E-state index contributed by atoms with van der Waals surface area (Å²) >= 11 is 6.08. The van der Waals surface area contributed by atoms with E-state index in [1.165, 1.54) is 0 Å². The van der Waals surface area contributed by atoms with E-state index in [9.17, 15) is 0 Å². The lowest BCUT2D eigenvalue weighted by atomic mass is 10.1. The van der Waals surface area contributed by atoms with Gasteiger partial charge in [0.2, 0.25) is 0 Å². The molecule has 1 rings (SSSR count). The lowest BCUT2D eigenvalue weighted by Crippen LogP contribution is -2.26. The van der Waals surface area contributed by atoms with E-state index >= 15 is 0 Å². The maximum Gasteiger partial charge on any atom is 0.120 e. The second-order valence-corrected chi connectivity index (χ2v) is 4.24. The SMILES string of the molecule is CNCC(C)Oc1cc(C)c(Cl)c(C)c1. The molecule has 0 amide bonds. The molecule has 0 radical (unpaired) electrons. The second-order valence-electron chi connectivity index (χ2n) is 3.86. The van der Waals surface area contributed by atoms with E-state index in [4.69, 9.17) is 16.3 Å². The van der Waals surface area contributed by atoms with E-state index in [1.54, 1.807) is 0 Å². The Morgan fingerprint density at radius 1 is 1.33 bits per heavy atom. The average molecular weight is 228 g/mol. The van der Waals surface area contributed by atoms with Crippen LogP contribution in [0.4, 0.5) is 0 Å². The predicted molar refractivity (Wildman–Crippen MR) is 64.9 cm³/mol. The maximum atomic E-state index is 6.08. The first kappa shape index (κ1) is 12.3. The van der Waals surface area contributed by atoms with E-state index < -0.39 is 0 Å². The second kappa shape index (κ2) is 5.38. The van der Waals surface area contributed by atoms with Gasteiger partial charge in [-0.2, -0.15) is 0 Å². The largest absolute Gasteiger partial charge is 0.489 e. The molecule has 0 aliphatic carbocycles. The standard InChI is InChI=1S/C12H18ClNO/c1-8-5-11(6-9(2)12(8)13)15-10(3)7-14-4/h5-6,10,14H,7H2,1-4H3. The highest BCUT2D eigenvalue weighted by Crippen LogP contribution is 2.26. The molecule has 1 aromatic rings. The van der Waals surface area contributed by atoms with Gasteiger partial charge in [0.05, 0.1) is 0 Å². The van der Waals surface area contributed by atoms with Crippen LogP contribution in [-0.4, -0.2) is 19.7 Å². The number of rotatable bonds is 4. The van der Waals surface area contributed by atoms with Crippen molar-refractivity contribution < 1.29 is 4.74 Å². The summed E-state index contributed by atoms with van der Waals surface area (Å²) in [5.74, 6) is 0.886. The molecule has 2 nitrogen and oxygen atoms in total. The monoisotopic (exact) mass is 227 g/mol. The lowest BCUT2D eigenvalue weighted by Gasteiger charge is -2.15. The molecule has 0 bridgehead atoms. The maximum absolute atomic E-state index is 6.08. The summed E-state index contributed by atoms with van der Waals surface area (Å²) in [5, 5.41) is 3.90. The van der Waals surface area contributed by atoms with Crippen molar-refractivity contribution in [2.75, 3.05) is 13.6 Å². The van der Waals surface area contributed by atoms with Crippen LogP contribution in [0.25, 0.3) is 0 Å². The van der Waals surface area contributed by atoms with Gasteiger partial charge in [-0.25, -0.2) is 0 Å². The molecular weight excluding hydrogens is 210 g/mol. The fraction of sp³-hybridized carbons (Fsp3) is 0.500. The number of aryl methyl sites for hydroxylation is 2. The van der Waals surface area contributed by atoms with Crippen molar-refractivity contribution in [3.63, 3.8) is 0 Å². The molecule has 0 saturated carbocycles. The Morgan fingerprint density at radius 3 is 2.33 bits per heavy atom. The smallest absolute Gasteiger partial charge is 0.120 e. The summed E-state index contributed by atoms with van der Waals surface area (Å²) in [7, 11) is 1.91. The molecule has 84 valence electrons. The first-order chi connectivity index (χ1) is 7.04. The Hall–Kier alpha value is -0.730. The zero-order valence-electron chi connectivity index (χ0n) is 9.73. The van der Waals surface area contributed by atoms with Gasteiger partial charge in [0, 0.05) is 11.6 Å². The molecule has 1 N–H and O–H groups in total. The minimum Gasteiger partial charge on any atom is -0.489 e. The van der Waals surface area contributed by atoms with Gasteiger partial charge in [0.1, 0.15) is 11.9 Å². The molecule has 15 heavy (non-hydrogen) atoms. The minimum absolute atomic E-state index is 0.162. The van der Waals surface area contributed by atoms with Crippen molar-refractivity contribution in [3.05, 3.63) is 28.3 Å². The van der Waals surface area contributed by atoms with Crippen molar-refractivity contribution in [1.29, 1.82) is 0 Å². The van der Waals surface area contributed by atoms with Crippen LogP contribution in [0.1, 0.15) is 18.1 Å². The van der Waals surface area contributed by atoms with E-state index in [0.29, 0.717) is 0 Å². The number of ether oxygens (including phenoxy) is 1. The van der Waals surface area contributed by atoms with Crippen LogP contribution < -0.4 is 10.1 Å². The van der Waals surface area contributed by atoms with Crippen LogP contribution in [0.5, 0.6) is 5.75 Å². The van der Waals surface area contributed by atoms with Crippen LogP contribution in [0.2, 0.25) is 5.02 Å². The number of nitrogens with one attached hydrogen (secondary N) is 1. The van der Waals surface area contributed by atoms with Crippen molar-refractivity contribution in [2.24, 2.45) is 0 Å². The molecule has 0 heterocycles. The number of hydrogen-bond acceptors (Lipinski definition) is 2. The molecule has 0 saturated heterocycles. The molecule has 0 aromatic heterocycles. The fourth-order valence-electron chi connectivity index (χ4n) is 1.54. The summed E-state index contributed by atoms with van der Waals surface area (Å²) in [6, 6.07) is 3.95. The highest BCUT2D eigenvalue weighted by molar-refractivity contribution is 6.32. The van der Waals surface area contributed by atoms with Crippen molar-refractivity contribution in [2.45, 2.75) is 26.9 Å². The molecule has 1 unspecified atom stereocenters. The Kier molecular flexibility index (Phi) is 4.43. The fourth-order valence-corrected chi connectivity index (χ4v) is 1.64. The normalized spacial score (nSPS) is 12.6. The third kappa shape index (κ3) is 3.40. The zero-order valence-corrected chi connectivity index (χ0v) is 10.5. The number of halogens is 1. The van der Waals surface area contributed by atoms with Crippen LogP contribution in [-0.2, 0) is 0 Å². The lowest BCUT2D eigenvalue weighted by molar-refractivity contribution is 0.220. The van der Waals surface area contributed by atoms with Crippen LogP contribution in [0.15, 0.2) is 12.1 Å². The summed E-state index contributed by atoms with van der Waals surface area (Å²) in [6.07, 6.45) is 0.162. The van der Waals surface area contributed by atoms with Gasteiger partial charge in [-0.3, -0.25) is 0 Å². The van der Waals surface area contributed by atoms with E-state index in [1.807, 2.05) is 40.0 Å². The number of hydrogen-bond donors (Lipinski definition) is 1. The molecule has 0 spiro atoms. The number of likely N-dealkylation sites (N-methyl/N-ethyl adjacent to an activating group) is 1. The third-order valence-corrected chi connectivity index (χ3v) is 2.83. The van der Waals surface area contributed by atoms with E-state index in [0.717, 1.165) is 28.4 Å². The molecule has 0 fully saturated rings. The van der Waals surface area contributed by atoms with Gasteiger partial charge in [-0.1, -0.05) is 11.6 Å². The predicted octanol–water partition coefficient (Wildman–Crippen LogP) is 2.94. The number of benzene rings is 1. The molecule has 3 heteroatoms. The highest BCUT2D eigenvalue weighted by Gasteiger charge is 2.06. The molecular formula is C12H18ClNO. The van der Waals surface area contributed by atoms with Crippen LogP contribution in [0, 0.1) is 13.8 Å². The Labute approximate surface area is 96.6 Å². The Balaban J connectivity index is 2.78. The quantitative estimate of drug-likeness (QED) is 0.854. The van der Waals surface area contributed by atoms with Gasteiger partial charge in [-0.05, 0) is 51.1 Å². The van der Waals surface area contributed by atoms with Crippen LogP contribution in [0.3, 0.4) is 0 Å². The van der Waals surface area contributed by atoms with E-state index in [2.05, 4.69) is 5.32 Å². The van der Waals surface area contributed by atoms with Crippen molar-refractivity contribution >= 4 is 11.6 Å². The average Bonchev–Trinajstić information content (AvgIpc) is 2.14. The van der Waals surface area contributed by atoms with Gasteiger partial charge in [0.25, 0.3) is 0 Å². The van der Waals surface area contributed by atoms with Crippen molar-refractivity contribution in [3.8, 4) is 5.75 Å². The zero-order chi connectivity index (χ0) is 11.4. The first-order valence-corrected chi connectivity index (χ1v) is 5.50. The van der Waals surface area contributed by atoms with Gasteiger partial charge in [0.15, 0.2) is 0 Å². The molecule has 1 atom stereocenters. The van der Waals surface area contributed by atoms with Gasteiger partial charge in [-0.15, -0.1) is 0 Å². The molecule has 0 aliphatic rings. The Bertz CT molecular complexity index is 315.